The first-order valence-electron chi connectivity index (χ1n) is 2.96. The quantitative estimate of drug-likeness (QED) is 0.606. The highest BCUT2D eigenvalue weighted by Gasteiger charge is 2.01. The lowest BCUT2D eigenvalue weighted by Gasteiger charge is -2.04. The Labute approximate surface area is 65.6 Å². The van der Waals surface area contributed by atoms with Gasteiger partial charge in [0, 0.05) is 6.07 Å². The summed E-state index contributed by atoms with van der Waals surface area (Å²) in [6, 6.07) is 6.52. The van der Waals surface area contributed by atoms with Crippen molar-refractivity contribution >= 4 is 11.6 Å². The molecule has 0 unspecified atom stereocenters. The molecule has 2 heteroatoms. The Balaban J connectivity index is 3.17. The fraction of sp³-hybridized carbons (Fsp3) is 0.250. The van der Waals surface area contributed by atoms with Crippen molar-refractivity contribution in [1.82, 2.24) is 0 Å². The van der Waals surface area contributed by atoms with E-state index < -0.39 is 0 Å². The van der Waals surface area contributed by atoms with Crippen LogP contribution in [-0.2, 0) is 0 Å². The van der Waals surface area contributed by atoms with Gasteiger partial charge in [-0.05, 0) is 12.5 Å². The number of hydrogen-bond donors (Lipinski definition) is 0. The van der Waals surface area contributed by atoms with Crippen LogP contribution >= 0.6 is 11.6 Å². The van der Waals surface area contributed by atoms with E-state index in [1.54, 1.807) is 13.2 Å². The molecule has 0 fully saturated rings. The molecule has 1 nitrogen and oxygen atoms in total. The summed E-state index contributed by atoms with van der Waals surface area (Å²) in [4.78, 5) is 0. The van der Waals surface area contributed by atoms with E-state index in [0.29, 0.717) is 10.8 Å². The van der Waals surface area contributed by atoms with Crippen LogP contribution < -0.4 is 4.74 Å². The zero-order valence-corrected chi connectivity index (χ0v) is 6.70. The molecule has 0 N–H and O–H groups in total. The SMILES string of the molecule is COc1c(Cl)[c]ccc1C. The lowest BCUT2D eigenvalue weighted by molar-refractivity contribution is 0.412. The highest BCUT2D eigenvalue weighted by Crippen LogP contribution is 2.26. The molecule has 1 aromatic carbocycles. The highest BCUT2D eigenvalue weighted by molar-refractivity contribution is 6.32. The van der Waals surface area contributed by atoms with Gasteiger partial charge in [-0.3, -0.25) is 0 Å². The van der Waals surface area contributed by atoms with Gasteiger partial charge in [0.25, 0.3) is 0 Å². The Hall–Kier alpha value is -0.690. The van der Waals surface area contributed by atoms with Crippen molar-refractivity contribution in [2.24, 2.45) is 0 Å². The first-order chi connectivity index (χ1) is 4.75. The summed E-state index contributed by atoms with van der Waals surface area (Å²) >= 11 is 5.75. The number of methoxy groups -OCH3 is 1. The van der Waals surface area contributed by atoms with Gasteiger partial charge in [-0.1, -0.05) is 23.7 Å². The fourth-order valence-corrected chi connectivity index (χ4v) is 1.09. The minimum Gasteiger partial charge on any atom is -0.495 e. The maximum atomic E-state index is 5.75. The number of rotatable bonds is 1. The van der Waals surface area contributed by atoms with Gasteiger partial charge in [0.2, 0.25) is 0 Å². The van der Waals surface area contributed by atoms with E-state index >= 15 is 0 Å². The molecule has 1 rings (SSSR count). The van der Waals surface area contributed by atoms with Crippen molar-refractivity contribution in [1.29, 1.82) is 0 Å². The summed E-state index contributed by atoms with van der Waals surface area (Å²) < 4.78 is 5.01. The molecule has 53 valence electrons. The van der Waals surface area contributed by atoms with Gasteiger partial charge in [0.05, 0.1) is 12.1 Å². The largest absolute Gasteiger partial charge is 0.495 e. The Morgan fingerprint density at radius 3 is 2.70 bits per heavy atom. The first kappa shape index (κ1) is 7.42. The van der Waals surface area contributed by atoms with Gasteiger partial charge in [0.1, 0.15) is 5.75 Å². The summed E-state index contributed by atoms with van der Waals surface area (Å²) in [6.45, 7) is 1.94. The van der Waals surface area contributed by atoms with E-state index in [-0.39, 0.29) is 0 Å². The van der Waals surface area contributed by atoms with E-state index in [1.165, 1.54) is 0 Å². The molecule has 0 saturated carbocycles. The highest BCUT2D eigenvalue weighted by atomic mass is 35.5. The number of ether oxygens (including phenoxy) is 1. The molecule has 1 aromatic rings. The Kier molecular flexibility index (Phi) is 2.17. The fourth-order valence-electron chi connectivity index (χ4n) is 0.805. The zero-order chi connectivity index (χ0) is 7.56. The van der Waals surface area contributed by atoms with E-state index in [0.717, 1.165) is 5.56 Å². The van der Waals surface area contributed by atoms with Crippen molar-refractivity contribution < 1.29 is 4.74 Å². The molecule has 0 bridgehead atoms. The van der Waals surface area contributed by atoms with Gasteiger partial charge >= 0.3 is 0 Å². The van der Waals surface area contributed by atoms with Crippen LogP contribution in [0.2, 0.25) is 5.02 Å². The average Bonchev–Trinajstić information content (AvgIpc) is 1.88. The summed E-state index contributed by atoms with van der Waals surface area (Å²) in [5.41, 5.74) is 1.03. The van der Waals surface area contributed by atoms with E-state index in [9.17, 15) is 0 Å². The zero-order valence-electron chi connectivity index (χ0n) is 5.94. The first-order valence-corrected chi connectivity index (χ1v) is 3.34. The Morgan fingerprint density at radius 1 is 1.60 bits per heavy atom. The average molecular weight is 156 g/mol. The standard InChI is InChI=1S/C8H8ClO/c1-6-4-3-5-7(9)8(6)10-2/h3-4H,1-2H3. The molecule has 0 aromatic heterocycles. The summed E-state index contributed by atoms with van der Waals surface area (Å²) in [6.07, 6.45) is 0. The van der Waals surface area contributed by atoms with Crippen molar-refractivity contribution in [3.05, 3.63) is 28.8 Å². The van der Waals surface area contributed by atoms with E-state index in [1.807, 2.05) is 13.0 Å². The predicted octanol–water partition coefficient (Wildman–Crippen LogP) is 2.46. The lowest BCUT2D eigenvalue weighted by Crippen LogP contribution is -1.86. The summed E-state index contributed by atoms with van der Waals surface area (Å²) in [5.74, 6) is 0.712. The van der Waals surface area contributed by atoms with Crippen molar-refractivity contribution in [2.75, 3.05) is 7.11 Å². The Morgan fingerprint density at radius 2 is 2.30 bits per heavy atom. The molecule has 0 aliphatic heterocycles. The minimum atomic E-state index is 0.544. The number of halogens is 1. The van der Waals surface area contributed by atoms with Gasteiger partial charge in [0.15, 0.2) is 0 Å². The minimum absolute atomic E-state index is 0.544. The topological polar surface area (TPSA) is 9.23 Å². The van der Waals surface area contributed by atoms with Gasteiger partial charge in [-0.15, -0.1) is 0 Å². The van der Waals surface area contributed by atoms with Crippen LogP contribution in [0.5, 0.6) is 5.75 Å². The number of aryl methyl sites for hydroxylation is 1. The second kappa shape index (κ2) is 2.93. The van der Waals surface area contributed by atoms with Crippen LogP contribution in [0.15, 0.2) is 12.1 Å². The number of benzene rings is 1. The molecule has 1 radical (unpaired) electrons. The molecule has 0 amide bonds. The predicted molar refractivity (Wildman–Crippen MR) is 41.6 cm³/mol. The maximum absolute atomic E-state index is 5.75. The second-order valence-electron chi connectivity index (χ2n) is 2.01. The van der Waals surface area contributed by atoms with Crippen molar-refractivity contribution in [3.63, 3.8) is 0 Å². The van der Waals surface area contributed by atoms with E-state index in [2.05, 4.69) is 6.07 Å². The van der Waals surface area contributed by atoms with Crippen LogP contribution in [0.25, 0.3) is 0 Å². The van der Waals surface area contributed by atoms with Crippen LogP contribution in [0.4, 0.5) is 0 Å². The molecule has 0 spiro atoms. The molecular weight excluding hydrogens is 148 g/mol. The molecular formula is C8H8ClO. The smallest absolute Gasteiger partial charge is 0.140 e. The third-order valence-electron chi connectivity index (χ3n) is 1.31. The molecule has 0 heterocycles. The Bertz CT molecular complexity index is 212. The monoisotopic (exact) mass is 155 g/mol. The lowest BCUT2D eigenvalue weighted by atomic mass is 10.2. The molecule has 0 saturated heterocycles. The normalized spacial score (nSPS) is 9.50. The number of hydrogen-bond acceptors (Lipinski definition) is 1. The van der Waals surface area contributed by atoms with Gasteiger partial charge in [-0.2, -0.15) is 0 Å². The molecule has 0 aliphatic carbocycles. The maximum Gasteiger partial charge on any atom is 0.140 e. The van der Waals surface area contributed by atoms with Crippen molar-refractivity contribution in [2.45, 2.75) is 6.92 Å². The van der Waals surface area contributed by atoms with Crippen LogP contribution in [0.1, 0.15) is 5.56 Å². The van der Waals surface area contributed by atoms with E-state index in [4.69, 9.17) is 16.3 Å². The third kappa shape index (κ3) is 1.24. The molecule has 10 heavy (non-hydrogen) atoms. The van der Waals surface area contributed by atoms with Crippen molar-refractivity contribution in [3.8, 4) is 5.75 Å². The summed E-state index contributed by atoms with van der Waals surface area (Å²) in [5, 5.41) is 0.544. The second-order valence-corrected chi connectivity index (χ2v) is 2.39. The molecule has 0 atom stereocenters. The van der Waals surface area contributed by atoms with Crippen LogP contribution in [0.3, 0.4) is 0 Å². The third-order valence-corrected chi connectivity index (χ3v) is 1.59. The van der Waals surface area contributed by atoms with Crippen LogP contribution in [-0.4, -0.2) is 7.11 Å². The summed E-state index contributed by atoms with van der Waals surface area (Å²) in [7, 11) is 1.60. The van der Waals surface area contributed by atoms with Crippen LogP contribution in [0, 0.1) is 13.0 Å². The molecule has 0 aliphatic rings. The van der Waals surface area contributed by atoms with Gasteiger partial charge in [-0.25, -0.2) is 0 Å². The van der Waals surface area contributed by atoms with Gasteiger partial charge < -0.3 is 4.74 Å².